The number of aryl methyl sites for hydroxylation is 2. The Labute approximate surface area is 105 Å². The van der Waals surface area contributed by atoms with Gasteiger partial charge in [-0.15, -0.1) is 0 Å². The van der Waals surface area contributed by atoms with Gasteiger partial charge in [-0.2, -0.15) is 0 Å². The van der Waals surface area contributed by atoms with Crippen LogP contribution in [0.4, 0.5) is 0 Å². The molecule has 0 fully saturated rings. The SMILES string of the molecule is Cc1ccc(C)c(OCCCN(C)CCN)c1. The number of ether oxygens (including phenoxy) is 1. The summed E-state index contributed by atoms with van der Waals surface area (Å²) in [6.45, 7) is 7.62. The minimum absolute atomic E-state index is 0.717. The third-order valence-electron chi connectivity index (χ3n) is 2.80. The Bertz CT molecular complexity index is 339. The van der Waals surface area contributed by atoms with Crippen molar-refractivity contribution >= 4 is 0 Å². The molecule has 3 heteroatoms. The molecule has 1 aromatic carbocycles. The maximum absolute atomic E-state index is 5.79. The molecule has 0 aromatic heterocycles. The largest absolute Gasteiger partial charge is 0.493 e. The first-order chi connectivity index (χ1) is 8.13. The molecule has 96 valence electrons. The van der Waals surface area contributed by atoms with Crippen LogP contribution in [0.1, 0.15) is 17.5 Å². The molecule has 1 aromatic rings. The molecule has 2 N–H and O–H groups in total. The maximum atomic E-state index is 5.79. The van der Waals surface area contributed by atoms with E-state index in [9.17, 15) is 0 Å². The highest BCUT2D eigenvalue weighted by molar-refractivity contribution is 5.35. The van der Waals surface area contributed by atoms with Crippen molar-refractivity contribution in [2.75, 3.05) is 33.3 Å². The highest BCUT2D eigenvalue weighted by atomic mass is 16.5. The zero-order valence-electron chi connectivity index (χ0n) is 11.2. The van der Waals surface area contributed by atoms with Gasteiger partial charge in [0.25, 0.3) is 0 Å². The van der Waals surface area contributed by atoms with E-state index in [1.54, 1.807) is 0 Å². The smallest absolute Gasteiger partial charge is 0.122 e. The summed E-state index contributed by atoms with van der Waals surface area (Å²) in [6, 6.07) is 6.31. The van der Waals surface area contributed by atoms with Crippen molar-refractivity contribution in [2.45, 2.75) is 20.3 Å². The standard InChI is InChI=1S/C14H24N2O/c1-12-5-6-13(2)14(11-12)17-10-4-8-16(3)9-7-15/h5-6,11H,4,7-10,15H2,1-3H3. The van der Waals surface area contributed by atoms with Gasteiger partial charge >= 0.3 is 0 Å². The number of rotatable bonds is 7. The molecule has 0 heterocycles. The maximum Gasteiger partial charge on any atom is 0.122 e. The molecule has 0 aliphatic heterocycles. The Balaban J connectivity index is 2.28. The van der Waals surface area contributed by atoms with Crippen molar-refractivity contribution < 1.29 is 4.74 Å². The highest BCUT2D eigenvalue weighted by Gasteiger charge is 2.00. The average molecular weight is 236 g/mol. The van der Waals surface area contributed by atoms with Crippen LogP contribution in [-0.2, 0) is 0 Å². The Morgan fingerprint density at radius 3 is 2.71 bits per heavy atom. The monoisotopic (exact) mass is 236 g/mol. The number of likely N-dealkylation sites (N-methyl/N-ethyl adjacent to an activating group) is 1. The molecule has 0 atom stereocenters. The van der Waals surface area contributed by atoms with Gasteiger partial charge in [0.2, 0.25) is 0 Å². The summed E-state index contributed by atoms with van der Waals surface area (Å²) in [4.78, 5) is 2.23. The van der Waals surface area contributed by atoms with Gasteiger partial charge in [-0.3, -0.25) is 0 Å². The van der Waals surface area contributed by atoms with Crippen LogP contribution in [0.2, 0.25) is 0 Å². The lowest BCUT2D eigenvalue weighted by Gasteiger charge is -2.15. The van der Waals surface area contributed by atoms with E-state index < -0.39 is 0 Å². The minimum atomic E-state index is 0.717. The van der Waals surface area contributed by atoms with Gasteiger partial charge in [0.1, 0.15) is 5.75 Å². The van der Waals surface area contributed by atoms with Crippen LogP contribution < -0.4 is 10.5 Å². The van der Waals surface area contributed by atoms with Crippen LogP contribution in [0, 0.1) is 13.8 Å². The first-order valence-electron chi connectivity index (χ1n) is 6.22. The summed E-state index contributed by atoms with van der Waals surface area (Å²) in [5, 5.41) is 0. The summed E-state index contributed by atoms with van der Waals surface area (Å²) in [5.41, 5.74) is 7.93. The van der Waals surface area contributed by atoms with Crippen LogP contribution in [0.15, 0.2) is 18.2 Å². The molecule has 0 unspecified atom stereocenters. The Kier molecular flexibility index (Phi) is 6.01. The molecule has 0 aliphatic rings. The number of benzene rings is 1. The fraction of sp³-hybridized carbons (Fsp3) is 0.571. The molecule has 3 nitrogen and oxygen atoms in total. The number of hydrogen-bond acceptors (Lipinski definition) is 3. The van der Waals surface area contributed by atoms with Crippen molar-refractivity contribution in [1.29, 1.82) is 0 Å². The lowest BCUT2D eigenvalue weighted by atomic mass is 10.1. The summed E-state index contributed by atoms with van der Waals surface area (Å²) in [5.74, 6) is 1.01. The van der Waals surface area contributed by atoms with E-state index in [0.717, 1.165) is 31.9 Å². The molecule has 0 radical (unpaired) electrons. The third-order valence-corrected chi connectivity index (χ3v) is 2.80. The summed E-state index contributed by atoms with van der Waals surface area (Å²) < 4.78 is 5.79. The van der Waals surface area contributed by atoms with Crippen LogP contribution in [-0.4, -0.2) is 38.2 Å². The molecule has 17 heavy (non-hydrogen) atoms. The quantitative estimate of drug-likeness (QED) is 0.736. The fourth-order valence-corrected chi connectivity index (χ4v) is 1.71. The first-order valence-corrected chi connectivity index (χ1v) is 6.22. The molecule has 1 rings (SSSR count). The minimum Gasteiger partial charge on any atom is -0.493 e. The van der Waals surface area contributed by atoms with Gasteiger partial charge in [-0.1, -0.05) is 12.1 Å². The lowest BCUT2D eigenvalue weighted by molar-refractivity contribution is 0.264. The van der Waals surface area contributed by atoms with Crippen LogP contribution in [0.5, 0.6) is 5.75 Å². The number of hydrogen-bond donors (Lipinski definition) is 1. The zero-order chi connectivity index (χ0) is 12.7. The van der Waals surface area contributed by atoms with E-state index in [2.05, 4.69) is 44.0 Å². The van der Waals surface area contributed by atoms with Crippen molar-refractivity contribution in [2.24, 2.45) is 5.73 Å². The molecular weight excluding hydrogens is 212 g/mol. The van der Waals surface area contributed by atoms with Crippen molar-refractivity contribution in [3.63, 3.8) is 0 Å². The highest BCUT2D eigenvalue weighted by Crippen LogP contribution is 2.19. The van der Waals surface area contributed by atoms with E-state index in [-0.39, 0.29) is 0 Å². The number of nitrogens with zero attached hydrogens (tertiary/aromatic N) is 1. The van der Waals surface area contributed by atoms with Crippen molar-refractivity contribution in [3.8, 4) is 5.75 Å². The second-order valence-corrected chi connectivity index (χ2v) is 4.56. The van der Waals surface area contributed by atoms with E-state index in [0.29, 0.717) is 6.54 Å². The Morgan fingerprint density at radius 1 is 1.24 bits per heavy atom. The Hall–Kier alpha value is -1.06. The second-order valence-electron chi connectivity index (χ2n) is 4.56. The third kappa shape index (κ3) is 5.20. The van der Waals surface area contributed by atoms with Gasteiger partial charge in [0.15, 0.2) is 0 Å². The molecule has 0 saturated carbocycles. The summed E-state index contributed by atoms with van der Waals surface area (Å²) in [7, 11) is 2.09. The first kappa shape index (κ1) is 14.0. The summed E-state index contributed by atoms with van der Waals surface area (Å²) in [6.07, 6.45) is 1.03. The van der Waals surface area contributed by atoms with E-state index in [1.165, 1.54) is 11.1 Å². The molecule has 0 amide bonds. The van der Waals surface area contributed by atoms with E-state index in [4.69, 9.17) is 10.5 Å². The molecule has 0 saturated heterocycles. The fourth-order valence-electron chi connectivity index (χ4n) is 1.71. The van der Waals surface area contributed by atoms with Gasteiger partial charge in [0, 0.05) is 19.6 Å². The van der Waals surface area contributed by atoms with E-state index >= 15 is 0 Å². The van der Waals surface area contributed by atoms with Gasteiger partial charge in [-0.25, -0.2) is 0 Å². The van der Waals surface area contributed by atoms with Gasteiger partial charge in [-0.05, 0) is 44.5 Å². The second kappa shape index (κ2) is 7.30. The predicted octanol–water partition coefficient (Wildman–Crippen LogP) is 1.96. The molecular formula is C14H24N2O. The zero-order valence-corrected chi connectivity index (χ0v) is 11.2. The topological polar surface area (TPSA) is 38.5 Å². The molecule has 0 spiro atoms. The van der Waals surface area contributed by atoms with Gasteiger partial charge in [0.05, 0.1) is 6.61 Å². The van der Waals surface area contributed by atoms with Crippen LogP contribution in [0.3, 0.4) is 0 Å². The van der Waals surface area contributed by atoms with Gasteiger partial charge < -0.3 is 15.4 Å². The normalized spacial score (nSPS) is 10.9. The van der Waals surface area contributed by atoms with Crippen molar-refractivity contribution in [1.82, 2.24) is 4.90 Å². The van der Waals surface area contributed by atoms with Crippen LogP contribution >= 0.6 is 0 Å². The van der Waals surface area contributed by atoms with Crippen molar-refractivity contribution in [3.05, 3.63) is 29.3 Å². The van der Waals surface area contributed by atoms with Crippen LogP contribution in [0.25, 0.3) is 0 Å². The average Bonchev–Trinajstić information content (AvgIpc) is 2.29. The predicted molar refractivity (Wildman–Crippen MR) is 72.6 cm³/mol. The van der Waals surface area contributed by atoms with E-state index in [1.807, 2.05) is 0 Å². The number of nitrogens with two attached hydrogens (primary N) is 1. The summed E-state index contributed by atoms with van der Waals surface area (Å²) >= 11 is 0. The molecule has 0 aliphatic carbocycles. The molecule has 0 bridgehead atoms. The Morgan fingerprint density at radius 2 is 2.00 bits per heavy atom. The lowest BCUT2D eigenvalue weighted by Crippen LogP contribution is -2.27.